The van der Waals surface area contributed by atoms with Crippen LogP contribution in [0.1, 0.15) is 30.1 Å². The summed E-state index contributed by atoms with van der Waals surface area (Å²) < 4.78 is 27.3. The highest BCUT2D eigenvalue weighted by Crippen LogP contribution is 2.53. The van der Waals surface area contributed by atoms with Gasteiger partial charge in [-0.3, -0.25) is 13.4 Å². The van der Waals surface area contributed by atoms with Gasteiger partial charge in [0.15, 0.2) is 5.75 Å². The zero-order valence-corrected chi connectivity index (χ0v) is 13.5. The maximum Gasteiger partial charge on any atom is 0.339 e. The zero-order chi connectivity index (χ0) is 16.3. The number of anilines is 2. The van der Waals surface area contributed by atoms with E-state index in [4.69, 9.17) is 4.74 Å². The molecule has 1 heterocycles. The summed E-state index contributed by atoms with van der Waals surface area (Å²) in [6.07, 6.45) is 1.55. The minimum Gasteiger partial charge on any atom is -0.494 e. The molecule has 124 valence electrons. The Hall–Kier alpha value is -1.64. The van der Waals surface area contributed by atoms with Crippen LogP contribution in [0, 0.1) is 0 Å². The summed E-state index contributed by atoms with van der Waals surface area (Å²) in [5.74, 6) is -0.688. The van der Waals surface area contributed by atoms with Gasteiger partial charge in [0, 0.05) is 18.8 Å². The van der Waals surface area contributed by atoms with Crippen molar-refractivity contribution in [2.24, 2.45) is 0 Å². The Morgan fingerprint density at radius 1 is 1.41 bits per heavy atom. The van der Waals surface area contributed by atoms with Crippen LogP contribution in [0.5, 0.6) is 5.75 Å². The van der Waals surface area contributed by atoms with Crippen LogP contribution in [0.15, 0.2) is 12.1 Å². The molecule has 1 aromatic rings. The fourth-order valence-electron chi connectivity index (χ4n) is 2.56. The van der Waals surface area contributed by atoms with Crippen LogP contribution in [0.4, 0.5) is 11.4 Å². The molecule has 8 heteroatoms. The Kier molecular flexibility index (Phi) is 5.05. The van der Waals surface area contributed by atoms with E-state index in [1.165, 1.54) is 17.5 Å². The molecule has 7 nitrogen and oxygen atoms in total. The number of carboxylic acid groups (broad SMARTS) is 1. The Morgan fingerprint density at radius 3 is 2.68 bits per heavy atom. The van der Waals surface area contributed by atoms with E-state index in [1.807, 2.05) is 6.92 Å². The first-order valence-electron chi connectivity index (χ1n) is 7.13. The summed E-state index contributed by atoms with van der Waals surface area (Å²) in [4.78, 5) is 11.5. The number of rotatable bonds is 5. The summed E-state index contributed by atoms with van der Waals surface area (Å²) in [6.45, 7) is 2.98. The van der Waals surface area contributed by atoms with Crippen LogP contribution in [-0.2, 0) is 0 Å². The van der Waals surface area contributed by atoms with Crippen LogP contribution >= 0.6 is 10.8 Å². The molecule has 2 rings (SSSR count). The summed E-state index contributed by atoms with van der Waals surface area (Å²) in [5, 5.41) is 12.5. The highest BCUT2D eigenvalue weighted by molar-refractivity contribution is 8.25. The number of methoxy groups -OCH3 is 1. The van der Waals surface area contributed by atoms with E-state index in [-0.39, 0.29) is 17.1 Å². The first-order valence-corrected chi connectivity index (χ1v) is 8.80. The highest BCUT2D eigenvalue weighted by atomic mass is 32.3. The Labute approximate surface area is 131 Å². The molecule has 0 saturated carbocycles. The van der Waals surface area contributed by atoms with Gasteiger partial charge in [0.2, 0.25) is 0 Å². The van der Waals surface area contributed by atoms with Crippen LogP contribution in [-0.4, -0.2) is 46.1 Å². The Bertz CT molecular complexity index is 564. The van der Waals surface area contributed by atoms with Crippen LogP contribution < -0.4 is 14.4 Å². The number of carboxylic acids is 1. The molecule has 1 aliphatic rings. The van der Waals surface area contributed by atoms with E-state index in [1.54, 1.807) is 6.07 Å². The predicted molar refractivity (Wildman–Crippen MR) is 88.4 cm³/mol. The maximum atomic E-state index is 11.5. The molecule has 0 atom stereocenters. The van der Waals surface area contributed by atoms with E-state index in [9.17, 15) is 19.0 Å². The first kappa shape index (κ1) is 16.7. The van der Waals surface area contributed by atoms with Crippen molar-refractivity contribution in [3.8, 4) is 5.75 Å². The molecule has 0 radical (unpaired) electrons. The normalized spacial score (nSPS) is 18.6. The highest BCUT2D eigenvalue weighted by Gasteiger charge is 2.31. The average Bonchev–Trinajstić information content (AvgIpc) is 2.46. The van der Waals surface area contributed by atoms with Crippen LogP contribution in [0.25, 0.3) is 0 Å². The summed E-state index contributed by atoms with van der Waals surface area (Å²) in [7, 11) is -1.57. The van der Waals surface area contributed by atoms with Crippen molar-refractivity contribution in [3.05, 3.63) is 17.7 Å². The lowest BCUT2D eigenvalue weighted by atomic mass is 10.1. The standard InChI is InChI=1S/C14H22N2O5S/c1-3-15-10-8-11(14(17)18)13(21-2)12(9-10)16-6-4-5-7-22(16,19)20/h8-9,15,19-20H,3-7H2,1-2H3,(H,17,18). The molecule has 0 bridgehead atoms. The molecule has 1 fully saturated rings. The van der Waals surface area contributed by atoms with Crippen molar-refractivity contribution in [1.29, 1.82) is 0 Å². The second-order valence-corrected chi connectivity index (χ2v) is 7.17. The van der Waals surface area contributed by atoms with Crippen molar-refractivity contribution in [2.75, 3.05) is 35.6 Å². The number of aromatic carboxylic acids is 1. The van der Waals surface area contributed by atoms with E-state index in [0.29, 0.717) is 24.5 Å². The molecule has 1 aromatic carbocycles. The van der Waals surface area contributed by atoms with E-state index in [2.05, 4.69) is 5.32 Å². The van der Waals surface area contributed by atoms with Crippen LogP contribution in [0.3, 0.4) is 0 Å². The summed E-state index contributed by atoms with van der Waals surface area (Å²) in [5.41, 5.74) is 1.01. The molecular formula is C14H22N2O5S. The van der Waals surface area contributed by atoms with Crippen molar-refractivity contribution >= 4 is 28.1 Å². The third kappa shape index (κ3) is 3.23. The minimum atomic E-state index is -2.95. The van der Waals surface area contributed by atoms with Gasteiger partial charge >= 0.3 is 5.97 Å². The summed E-state index contributed by atoms with van der Waals surface area (Å²) in [6, 6.07) is 3.19. The minimum absolute atomic E-state index is 0.00303. The average molecular weight is 330 g/mol. The van der Waals surface area contributed by atoms with Gasteiger partial charge in [-0.05, 0) is 31.9 Å². The molecule has 1 saturated heterocycles. The molecule has 4 N–H and O–H groups in total. The molecule has 0 aromatic heterocycles. The fourth-order valence-corrected chi connectivity index (χ4v) is 4.25. The lowest BCUT2D eigenvalue weighted by Gasteiger charge is -2.47. The first-order chi connectivity index (χ1) is 10.4. The molecule has 0 unspecified atom stereocenters. The zero-order valence-electron chi connectivity index (χ0n) is 12.7. The monoisotopic (exact) mass is 330 g/mol. The second kappa shape index (κ2) is 6.64. The topological polar surface area (TPSA) is 102 Å². The number of ether oxygens (including phenoxy) is 1. The number of nitrogens with zero attached hydrogens (tertiary/aromatic N) is 1. The van der Waals surface area contributed by atoms with Gasteiger partial charge < -0.3 is 15.2 Å². The second-order valence-electron chi connectivity index (χ2n) is 5.06. The molecule has 0 spiro atoms. The molecular weight excluding hydrogens is 308 g/mol. The Morgan fingerprint density at radius 2 is 2.14 bits per heavy atom. The van der Waals surface area contributed by atoms with Gasteiger partial charge in [-0.2, -0.15) is 0 Å². The van der Waals surface area contributed by atoms with Gasteiger partial charge in [0.1, 0.15) is 11.3 Å². The number of benzene rings is 1. The van der Waals surface area contributed by atoms with Gasteiger partial charge in [-0.15, -0.1) is 10.8 Å². The van der Waals surface area contributed by atoms with Crippen molar-refractivity contribution < 1.29 is 23.7 Å². The third-order valence-corrected chi connectivity index (χ3v) is 5.46. The fraction of sp³-hybridized carbons (Fsp3) is 0.500. The SMILES string of the molecule is CCNc1cc(C(=O)O)c(OC)c(N2CCCCS2(O)O)c1. The Balaban J connectivity index is 2.58. The predicted octanol–water partition coefficient (Wildman–Crippen LogP) is 3.09. The third-order valence-electron chi connectivity index (χ3n) is 3.54. The van der Waals surface area contributed by atoms with Gasteiger partial charge in [-0.25, -0.2) is 4.79 Å². The van der Waals surface area contributed by atoms with Crippen molar-refractivity contribution in [3.63, 3.8) is 0 Å². The van der Waals surface area contributed by atoms with Crippen molar-refractivity contribution in [1.82, 2.24) is 0 Å². The lowest BCUT2D eigenvalue weighted by Crippen LogP contribution is -2.34. The number of hydrogen-bond acceptors (Lipinski definition) is 6. The quantitative estimate of drug-likeness (QED) is 0.658. The smallest absolute Gasteiger partial charge is 0.339 e. The number of carbonyl (C=O) groups is 1. The maximum absolute atomic E-state index is 11.5. The van der Waals surface area contributed by atoms with Gasteiger partial charge in [0.25, 0.3) is 0 Å². The van der Waals surface area contributed by atoms with Gasteiger partial charge in [-0.1, -0.05) is 0 Å². The number of hydrogen-bond donors (Lipinski definition) is 4. The van der Waals surface area contributed by atoms with Gasteiger partial charge in [0.05, 0.1) is 12.9 Å². The van der Waals surface area contributed by atoms with E-state index < -0.39 is 16.7 Å². The van der Waals surface area contributed by atoms with E-state index in [0.717, 1.165) is 12.8 Å². The lowest BCUT2D eigenvalue weighted by molar-refractivity contribution is 0.0693. The molecule has 0 aliphatic carbocycles. The van der Waals surface area contributed by atoms with E-state index >= 15 is 0 Å². The molecule has 22 heavy (non-hydrogen) atoms. The number of nitrogens with one attached hydrogen (secondary N) is 1. The molecule has 0 amide bonds. The summed E-state index contributed by atoms with van der Waals surface area (Å²) >= 11 is 0. The van der Waals surface area contributed by atoms with Crippen molar-refractivity contribution in [2.45, 2.75) is 19.8 Å². The van der Waals surface area contributed by atoms with Crippen LogP contribution in [0.2, 0.25) is 0 Å². The molecule has 1 aliphatic heterocycles. The largest absolute Gasteiger partial charge is 0.494 e.